The van der Waals surface area contributed by atoms with Crippen LogP contribution < -0.4 is 10.6 Å². The van der Waals surface area contributed by atoms with Crippen LogP contribution in [0.25, 0.3) is 0 Å². The molecule has 11 heteroatoms. The van der Waals surface area contributed by atoms with Gasteiger partial charge in [-0.1, -0.05) is 6.07 Å². The van der Waals surface area contributed by atoms with Gasteiger partial charge in [-0.15, -0.1) is 0 Å². The number of imide groups is 1. The van der Waals surface area contributed by atoms with E-state index in [1.165, 1.54) is 37.4 Å². The second-order valence-corrected chi connectivity index (χ2v) is 5.87. The number of carbonyl (C=O) groups is 4. The maximum atomic E-state index is 12.7. The summed E-state index contributed by atoms with van der Waals surface area (Å²) in [5.41, 5.74) is -0.531. The van der Waals surface area contributed by atoms with Crippen LogP contribution in [-0.4, -0.2) is 35.5 Å². The van der Waals surface area contributed by atoms with Crippen molar-refractivity contribution in [3.8, 4) is 0 Å². The number of Topliss-reactive ketones (excluding diaryl/α,β-unsaturated/α-hetero) is 1. The van der Waals surface area contributed by atoms with Crippen molar-refractivity contribution in [1.29, 1.82) is 0 Å². The van der Waals surface area contributed by atoms with Crippen LogP contribution in [0.5, 0.6) is 0 Å². The molecule has 3 rings (SSSR count). The van der Waals surface area contributed by atoms with E-state index in [0.717, 1.165) is 6.07 Å². The van der Waals surface area contributed by atoms with Crippen molar-refractivity contribution in [2.45, 2.75) is 6.61 Å². The van der Waals surface area contributed by atoms with Crippen molar-refractivity contribution in [3.05, 3.63) is 68.8 Å². The Balaban J connectivity index is 1.97. The lowest BCUT2D eigenvalue weighted by Gasteiger charge is -2.17. The summed E-state index contributed by atoms with van der Waals surface area (Å²) in [6.07, 6.45) is 0. The molecule has 2 N–H and O–H groups in total. The number of nitrogens with one attached hydrogen (secondary N) is 2. The normalized spacial score (nSPS) is 12.9. The summed E-state index contributed by atoms with van der Waals surface area (Å²) in [7, 11) is 1.26. The van der Waals surface area contributed by atoms with Gasteiger partial charge < -0.3 is 5.32 Å². The zero-order valence-electron chi connectivity index (χ0n) is 14.9. The molecular formula is C18H13N3O8. The monoisotopic (exact) mass is 399 g/mol. The first-order valence-electron chi connectivity index (χ1n) is 8.10. The maximum Gasteiger partial charge on any atom is 0.299 e. The fourth-order valence-corrected chi connectivity index (χ4v) is 2.75. The fourth-order valence-electron chi connectivity index (χ4n) is 2.75. The Labute approximate surface area is 162 Å². The van der Waals surface area contributed by atoms with Crippen LogP contribution in [-0.2, 0) is 21.2 Å². The number of ketones is 1. The number of nitrogens with zero attached hydrogens (tertiary/aromatic N) is 1. The zero-order valence-corrected chi connectivity index (χ0v) is 14.9. The van der Waals surface area contributed by atoms with Crippen molar-refractivity contribution >= 4 is 34.9 Å². The molecule has 11 nitrogen and oxygen atoms in total. The van der Waals surface area contributed by atoms with Gasteiger partial charge >= 0.3 is 0 Å². The number of anilines is 1. The number of nitro groups is 1. The summed E-state index contributed by atoms with van der Waals surface area (Å²) in [6, 6.07) is 7.69. The molecular weight excluding hydrogens is 386 g/mol. The number of benzene rings is 2. The SMILES string of the molecule is COOCc1cc(C(=O)Nc2cccc3c2C(=O)C(=O)NC3=O)cc([N+](=O)[O-])c1. The summed E-state index contributed by atoms with van der Waals surface area (Å²) in [5.74, 6) is -3.65. The number of rotatable bonds is 6. The van der Waals surface area contributed by atoms with Crippen molar-refractivity contribution in [1.82, 2.24) is 5.32 Å². The number of nitro benzene ring substituents is 1. The van der Waals surface area contributed by atoms with Crippen molar-refractivity contribution in [2.24, 2.45) is 0 Å². The van der Waals surface area contributed by atoms with Gasteiger partial charge in [0.2, 0.25) is 0 Å². The van der Waals surface area contributed by atoms with E-state index in [1.807, 2.05) is 5.32 Å². The average molecular weight is 399 g/mol. The van der Waals surface area contributed by atoms with E-state index in [9.17, 15) is 29.3 Å². The molecule has 0 aromatic heterocycles. The van der Waals surface area contributed by atoms with E-state index in [1.54, 1.807) is 0 Å². The Kier molecular flexibility index (Phi) is 5.43. The molecule has 0 atom stereocenters. The minimum absolute atomic E-state index is 0.0677. The average Bonchev–Trinajstić information content (AvgIpc) is 2.70. The molecule has 1 heterocycles. The Bertz CT molecular complexity index is 1060. The maximum absolute atomic E-state index is 12.7. The molecule has 0 unspecified atom stereocenters. The van der Waals surface area contributed by atoms with Crippen LogP contribution >= 0.6 is 0 Å². The zero-order chi connectivity index (χ0) is 21.1. The summed E-state index contributed by atoms with van der Waals surface area (Å²) >= 11 is 0. The molecule has 0 saturated carbocycles. The van der Waals surface area contributed by atoms with Crippen molar-refractivity contribution in [3.63, 3.8) is 0 Å². The first kappa shape index (κ1) is 19.8. The van der Waals surface area contributed by atoms with Crippen LogP contribution in [0.2, 0.25) is 0 Å². The number of hydrogen-bond donors (Lipinski definition) is 2. The van der Waals surface area contributed by atoms with Crippen molar-refractivity contribution in [2.75, 3.05) is 12.4 Å². The third kappa shape index (κ3) is 4.00. The van der Waals surface area contributed by atoms with Gasteiger partial charge in [-0.2, -0.15) is 0 Å². The Morgan fingerprint density at radius 2 is 1.93 bits per heavy atom. The van der Waals surface area contributed by atoms with Crippen molar-refractivity contribution < 1.29 is 33.9 Å². The molecule has 0 radical (unpaired) electrons. The van der Waals surface area contributed by atoms with Gasteiger partial charge in [0.25, 0.3) is 29.2 Å². The molecule has 3 amide bonds. The Hall–Kier alpha value is -3.96. The molecule has 1 aliphatic heterocycles. The van der Waals surface area contributed by atoms with Crippen LogP contribution in [0.4, 0.5) is 11.4 Å². The highest BCUT2D eigenvalue weighted by Crippen LogP contribution is 2.25. The molecule has 2 aromatic carbocycles. The molecule has 2 aromatic rings. The van der Waals surface area contributed by atoms with E-state index < -0.39 is 28.4 Å². The number of carbonyl (C=O) groups excluding carboxylic acids is 4. The van der Waals surface area contributed by atoms with Crippen LogP contribution in [0.15, 0.2) is 36.4 Å². The van der Waals surface area contributed by atoms with E-state index >= 15 is 0 Å². The molecule has 148 valence electrons. The quantitative estimate of drug-likeness (QED) is 0.243. The van der Waals surface area contributed by atoms with E-state index in [2.05, 4.69) is 10.2 Å². The number of hydrogen-bond acceptors (Lipinski definition) is 8. The largest absolute Gasteiger partial charge is 0.321 e. The van der Waals surface area contributed by atoms with Gasteiger partial charge in [-0.25, -0.2) is 9.78 Å². The summed E-state index contributed by atoms with van der Waals surface area (Å²) in [6.45, 7) is -0.146. The summed E-state index contributed by atoms with van der Waals surface area (Å²) in [5, 5.41) is 15.5. The smallest absolute Gasteiger partial charge is 0.299 e. The van der Waals surface area contributed by atoms with Gasteiger partial charge in [-0.05, 0) is 23.8 Å². The summed E-state index contributed by atoms with van der Waals surface area (Å²) < 4.78 is 0. The second-order valence-electron chi connectivity index (χ2n) is 5.87. The van der Waals surface area contributed by atoms with Gasteiger partial charge in [0.1, 0.15) is 6.61 Å². The highest BCUT2D eigenvalue weighted by molar-refractivity contribution is 6.50. The fraction of sp³-hybridized carbons (Fsp3) is 0.111. The minimum Gasteiger partial charge on any atom is -0.321 e. The standard InChI is InChI=1S/C18H13N3O8/c1-28-29-8-9-5-10(7-11(6-9)21(26)27)16(23)19-13-4-2-3-12-14(13)15(22)18(25)20-17(12)24/h2-7H,8H2,1H3,(H,19,23)(H,20,24,25). The topological polar surface area (TPSA) is 154 Å². The van der Waals surface area contributed by atoms with E-state index in [4.69, 9.17) is 4.89 Å². The molecule has 1 aliphatic rings. The predicted octanol–water partition coefficient (Wildman–Crippen LogP) is 1.38. The van der Waals surface area contributed by atoms with Gasteiger partial charge in [-0.3, -0.25) is 34.6 Å². The first-order valence-corrected chi connectivity index (χ1v) is 8.10. The lowest BCUT2D eigenvalue weighted by molar-refractivity contribution is -0.385. The van der Waals surface area contributed by atoms with Crippen LogP contribution in [0, 0.1) is 10.1 Å². The number of non-ortho nitro benzene ring substituents is 1. The molecule has 0 fully saturated rings. The lowest BCUT2D eigenvalue weighted by Crippen LogP contribution is -2.42. The van der Waals surface area contributed by atoms with Gasteiger partial charge in [0.15, 0.2) is 0 Å². The minimum atomic E-state index is -1.11. The Morgan fingerprint density at radius 3 is 2.62 bits per heavy atom. The highest BCUT2D eigenvalue weighted by atomic mass is 17.2. The first-order chi connectivity index (χ1) is 13.8. The molecule has 0 spiro atoms. The Morgan fingerprint density at radius 1 is 1.17 bits per heavy atom. The molecule has 0 bridgehead atoms. The lowest BCUT2D eigenvalue weighted by atomic mass is 9.96. The van der Waals surface area contributed by atoms with Crippen LogP contribution in [0.3, 0.4) is 0 Å². The molecule has 0 aliphatic carbocycles. The van der Waals surface area contributed by atoms with Gasteiger partial charge in [0, 0.05) is 17.7 Å². The number of amides is 3. The third-order valence-electron chi connectivity index (χ3n) is 4.01. The van der Waals surface area contributed by atoms with E-state index in [-0.39, 0.29) is 34.7 Å². The number of fused-ring (bicyclic) bond motifs is 1. The molecule has 0 saturated heterocycles. The third-order valence-corrected chi connectivity index (χ3v) is 4.01. The predicted molar refractivity (Wildman–Crippen MR) is 96.1 cm³/mol. The molecule has 29 heavy (non-hydrogen) atoms. The van der Waals surface area contributed by atoms with Gasteiger partial charge in [0.05, 0.1) is 28.8 Å². The highest BCUT2D eigenvalue weighted by Gasteiger charge is 2.33. The second kappa shape index (κ2) is 7.96. The van der Waals surface area contributed by atoms with E-state index in [0.29, 0.717) is 5.56 Å². The van der Waals surface area contributed by atoms with Crippen LogP contribution in [0.1, 0.15) is 36.6 Å². The summed E-state index contributed by atoms with van der Waals surface area (Å²) in [4.78, 5) is 68.1.